The molecule has 1 aliphatic carbocycles. The Morgan fingerprint density at radius 2 is 2.19 bits per heavy atom. The first-order valence-electron chi connectivity index (χ1n) is 7.30. The number of hydrogen-bond acceptors (Lipinski definition) is 5. The Morgan fingerprint density at radius 3 is 2.90 bits per heavy atom. The Kier molecular flexibility index (Phi) is 4.35. The molecule has 0 aromatic carbocycles. The fraction of sp³-hybridized carbons (Fsp3) is 0.533. The molecule has 2 aromatic heterocycles. The van der Waals surface area contributed by atoms with Crippen LogP contribution in [0.3, 0.4) is 0 Å². The van der Waals surface area contributed by atoms with Crippen LogP contribution in [0, 0.1) is 6.92 Å². The molecule has 2 heterocycles. The van der Waals surface area contributed by atoms with Crippen molar-refractivity contribution in [2.45, 2.75) is 52.0 Å². The summed E-state index contributed by atoms with van der Waals surface area (Å²) in [5, 5.41) is 7.01. The molecule has 0 radical (unpaired) electrons. The largest absolute Gasteiger partial charge is 0.347 e. The van der Waals surface area contributed by atoms with Gasteiger partial charge >= 0.3 is 0 Å². The van der Waals surface area contributed by atoms with Crippen LogP contribution in [0.4, 0.5) is 0 Å². The minimum Gasteiger partial charge on any atom is -0.347 e. The van der Waals surface area contributed by atoms with Crippen LogP contribution in [0.1, 0.15) is 52.1 Å². The third-order valence-electron chi connectivity index (χ3n) is 3.62. The van der Waals surface area contributed by atoms with Gasteiger partial charge in [0.25, 0.3) is 0 Å². The molecule has 21 heavy (non-hydrogen) atoms. The van der Waals surface area contributed by atoms with Gasteiger partial charge in [-0.1, -0.05) is 0 Å². The Balaban J connectivity index is 1.61. The summed E-state index contributed by atoms with van der Waals surface area (Å²) in [6.45, 7) is 3.96. The van der Waals surface area contributed by atoms with E-state index in [1.54, 1.807) is 22.7 Å². The van der Waals surface area contributed by atoms with Crippen LogP contribution in [0.15, 0.2) is 5.38 Å². The smallest absolute Gasteiger partial charge is 0.226 e. The average molecular weight is 321 g/mol. The number of carbonyl (C=O) groups excluding carboxylic acids is 1. The van der Waals surface area contributed by atoms with Crippen molar-refractivity contribution >= 4 is 28.6 Å². The highest BCUT2D eigenvalue weighted by molar-refractivity contribution is 7.11. The van der Waals surface area contributed by atoms with Crippen LogP contribution in [-0.2, 0) is 24.1 Å². The second-order valence-corrected chi connectivity index (χ2v) is 7.63. The predicted molar refractivity (Wildman–Crippen MR) is 85.9 cm³/mol. The first-order valence-corrected chi connectivity index (χ1v) is 9.00. The van der Waals surface area contributed by atoms with Gasteiger partial charge < -0.3 is 5.32 Å². The molecule has 1 atom stereocenters. The zero-order valence-electron chi connectivity index (χ0n) is 12.3. The van der Waals surface area contributed by atoms with Crippen LogP contribution in [-0.4, -0.2) is 15.9 Å². The van der Waals surface area contributed by atoms with E-state index in [1.165, 1.54) is 23.4 Å². The van der Waals surface area contributed by atoms with E-state index in [2.05, 4.69) is 10.3 Å². The van der Waals surface area contributed by atoms with Crippen molar-refractivity contribution in [1.82, 2.24) is 15.3 Å². The van der Waals surface area contributed by atoms with Crippen molar-refractivity contribution in [1.29, 1.82) is 0 Å². The highest BCUT2D eigenvalue weighted by Gasteiger charge is 2.19. The zero-order valence-corrected chi connectivity index (χ0v) is 13.9. The van der Waals surface area contributed by atoms with E-state index < -0.39 is 0 Å². The number of nitrogens with one attached hydrogen (secondary N) is 1. The van der Waals surface area contributed by atoms with Gasteiger partial charge in [0.05, 0.1) is 28.9 Å². The maximum absolute atomic E-state index is 12.1. The van der Waals surface area contributed by atoms with E-state index >= 15 is 0 Å². The maximum atomic E-state index is 12.1. The summed E-state index contributed by atoms with van der Waals surface area (Å²) >= 11 is 3.33. The first-order chi connectivity index (χ1) is 10.1. The predicted octanol–water partition coefficient (Wildman–Crippen LogP) is 3.21. The van der Waals surface area contributed by atoms with Crippen LogP contribution in [0.2, 0.25) is 0 Å². The molecule has 0 spiro atoms. The van der Waals surface area contributed by atoms with E-state index in [1.807, 2.05) is 19.2 Å². The number of carbonyl (C=O) groups is 1. The molecule has 0 saturated carbocycles. The Bertz CT molecular complexity index is 624. The molecule has 1 unspecified atom stereocenters. The summed E-state index contributed by atoms with van der Waals surface area (Å²) in [6, 6.07) is -0.0205. The number of fused-ring (bicyclic) bond motifs is 1. The standard InChI is InChI=1S/C15H19N3OS2/c1-9(15-18-12-5-3-4-6-13(12)21-15)16-14(19)7-11-8-20-10(2)17-11/h8-9H,3-7H2,1-2H3,(H,16,19). The minimum atomic E-state index is -0.0205. The van der Waals surface area contributed by atoms with Gasteiger partial charge in [-0.25, -0.2) is 9.97 Å². The monoisotopic (exact) mass is 321 g/mol. The highest BCUT2D eigenvalue weighted by Crippen LogP contribution is 2.29. The molecule has 3 rings (SSSR count). The van der Waals surface area contributed by atoms with E-state index in [-0.39, 0.29) is 11.9 Å². The summed E-state index contributed by atoms with van der Waals surface area (Å²) in [5.41, 5.74) is 2.10. The lowest BCUT2D eigenvalue weighted by Crippen LogP contribution is -2.28. The van der Waals surface area contributed by atoms with Gasteiger partial charge in [-0.05, 0) is 39.5 Å². The summed E-state index contributed by atoms with van der Waals surface area (Å²) in [6.07, 6.45) is 5.08. The van der Waals surface area contributed by atoms with E-state index in [9.17, 15) is 4.79 Å². The van der Waals surface area contributed by atoms with Gasteiger partial charge in [0.15, 0.2) is 0 Å². The van der Waals surface area contributed by atoms with Crippen molar-refractivity contribution in [2.75, 3.05) is 0 Å². The highest BCUT2D eigenvalue weighted by atomic mass is 32.1. The van der Waals surface area contributed by atoms with Crippen LogP contribution < -0.4 is 5.32 Å². The molecule has 0 aliphatic heterocycles. The second kappa shape index (κ2) is 6.23. The molecule has 112 valence electrons. The van der Waals surface area contributed by atoms with Crippen molar-refractivity contribution in [3.05, 3.63) is 31.7 Å². The first kappa shape index (κ1) is 14.7. The molecular formula is C15H19N3OS2. The molecule has 4 nitrogen and oxygen atoms in total. The number of aromatic nitrogens is 2. The lowest BCUT2D eigenvalue weighted by atomic mass is 10.0. The number of amides is 1. The summed E-state index contributed by atoms with van der Waals surface area (Å²) in [5.74, 6) is 0.0148. The van der Waals surface area contributed by atoms with Gasteiger partial charge in [0, 0.05) is 10.3 Å². The van der Waals surface area contributed by atoms with Crippen LogP contribution in [0.25, 0.3) is 0 Å². The fourth-order valence-electron chi connectivity index (χ4n) is 2.57. The summed E-state index contributed by atoms with van der Waals surface area (Å²) < 4.78 is 0. The van der Waals surface area contributed by atoms with Gasteiger partial charge in [-0.15, -0.1) is 22.7 Å². The molecule has 0 fully saturated rings. The minimum absolute atomic E-state index is 0.0148. The summed E-state index contributed by atoms with van der Waals surface area (Å²) in [7, 11) is 0. The molecule has 1 N–H and O–H groups in total. The quantitative estimate of drug-likeness (QED) is 0.941. The Labute approximate surface area is 132 Å². The van der Waals surface area contributed by atoms with Crippen molar-refractivity contribution in [2.24, 2.45) is 0 Å². The summed E-state index contributed by atoms with van der Waals surface area (Å²) in [4.78, 5) is 22.5. The number of nitrogens with zero attached hydrogens (tertiary/aromatic N) is 2. The Morgan fingerprint density at radius 1 is 1.38 bits per heavy atom. The molecule has 0 bridgehead atoms. The van der Waals surface area contributed by atoms with Crippen molar-refractivity contribution < 1.29 is 4.79 Å². The van der Waals surface area contributed by atoms with Gasteiger partial charge in [-0.2, -0.15) is 0 Å². The van der Waals surface area contributed by atoms with E-state index in [0.717, 1.165) is 28.6 Å². The molecular weight excluding hydrogens is 302 g/mol. The topological polar surface area (TPSA) is 54.9 Å². The van der Waals surface area contributed by atoms with Crippen molar-refractivity contribution in [3.8, 4) is 0 Å². The van der Waals surface area contributed by atoms with Crippen LogP contribution >= 0.6 is 22.7 Å². The SMILES string of the molecule is Cc1nc(CC(=O)NC(C)c2nc3c(s2)CCCC3)cs1. The fourth-order valence-corrected chi connectivity index (χ4v) is 4.33. The molecule has 1 aliphatic rings. The number of rotatable bonds is 4. The number of thiazole rings is 2. The third kappa shape index (κ3) is 3.49. The van der Waals surface area contributed by atoms with E-state index in [0.29, 0.717) is 6.42 Å². The number of hydrogen-bond donors (Lipinski definition) is 1. The van der Waals surface area contributed by atoms with Gasteiger partial charge in [-0.3, -0.25) is 4.79 Å². The molecule has 0 saturated heterocycles. The molecule has 2 aromatic rings. The van der Waals surface area contributed by atoms with Crippen molar-refractivity contribution in [3.63, 3.8) is 0 Å². The average Bonchev–Trinajstić information content (AvgIpc) is 3.04. The lowest BCUT2D eigenvalue weighted by molar-refractivity contribution is -0.121. The molecule has 6 heteroatoms. The van der Waals surface area contributed by atoms with Gasteiger partial charge in [0.1, 0.15) is 5.01 Å². The lowest BCUT2D eigenvalue weighted by Gasteiger charge is -2.10. The zero-order chi connectivity index (χ0) is 14.8. The maximum Gasteiger partial charge on any atom is 0.226 e. The van der Waals surface area contributed by atoms with E-state index in [4.69, 9.17) is 4.98 Å². The second-order valence-electron chi connectivity index (χ2n) is 5.45. The van der Waals surface area contributed by atoms with Crippen LogP contribution in [0.5, 0.6) is 0 Å². The Hall–Kier alpha value is -1.27. The third-order valence-corrected chi connectivity index (χ3v) is 5.78. The van der Waals surface area contributed by atoms with Gasteiger partial charge in [0.2, 0.25) is 5.91 Å². The normalized spacial score (nSPS) is 15.5. The number of aryl methyl sites for hydroxylation is 3. The molecule has 1 amide bonds.